The Balaban J connectivity index is 1.64. The third-order valence-electron chi connectivity index (χ3n) is 5.80. The van der Waals surface area contributed by atoms with Gasteiger partial charge in [-0.25, -0.2) is 0 Å². The first kappa shape index (κ1) is 18.0. The molecule has 1 aliphatic heterocycles. The molecule has 1 heterocycles. The van der Waals surface area contributed by atoms with Crippen LogP contribution in [0.2, 0.25) is 5.02 Å². The predicted octanol–water partition coefficient (Wildman–Crippen LogP) is 6.32. The van der Waals surface area contributed by atoms with E-state index in [9.17, 15) is 4.79 Å². The van der Waals surface area contributed by atoms with Gasteiger partial charge in [-0.1, -0.05) is 72.3 Å². The van der Waals surface area contributed by atoms with Crippen molar-refractivity contribution >= 4 is 28.8 Å². The Morgan fingerprint density at radius 1 is 0.793 bits per heavy atom. The van der Waals surface area contributed by atoms with Crippen LogP contribution in [0.1, 0.15) is 35.9 Å². The van der Waals surface area contributed by atoms with Gasteiger partial charge in [0.15, 0.2) is 5.78 Å². The number of carbonyl (C=O) groups is 1. The van der Waals surface area contributed by atoms with Gasteiger partial charge >= 0.3 is 0 Å². The lowest BCUT2D eigenvalue weighted by Gasteiger charge is -2.30. The van der Waals surface area contributed by atoms with Crippen LogP contribution in [0.25, 0.3) is 0 Å². The van der Waals surface area contributed by atoms with E-state index in [-0.39, 0.29) is 17.7 Å². The van der Waals surface area contributed by atoms with Crippen LogP contribution >= 0.6 is 11.6 Å². The third kappa shape index (κ3) is 3.32. The van der Waals surface area contributed by atoms with Gasteiger partial charge < -0.3 is 10.6 Å². The van der Waals surface area contributed by atoms with E-state index in [0.717, 1.165) is 34.6 Å². The molecule has 2 N–H and O–H groups in total. The second-order valence-electron chi connectivity index (χ2n) is 7.60. The molecule has 0 fully saturated rings. The molecule has 3 nitrogen and oxygen atoms in total. The molecule has 5 rings (SSSR count). The minimum Gasteiger partial charge on any atom is -0.372 e. The molecule has 0 amide bonds. The maximum absolute atomic E-state index is 13.4. The smallest absolute Gasteiger partial charge is 0.163 e. The highest BCUT2D eigenvalue weighted by molar-refractivity contribution is 6.31. The van der Waals surface area contributed by atoms with Crippen molar-refractivity contribution in [2.75, 3.05) is 10.6 Å². The van der Waals surface area contributed by atoms with Crippen molar-refractivity contribution in [2.24, 2.45) is 0 Å². The lowest BCUT2D eigenvalue weighted by Crippen LogP contribution is -2.27. The van der Waals surface area contributed by atoms with E-state index in [1.165, 1.54) is 5.56 Å². The number of halogens is 1. The predicted molar refractivity (Wildman–Crippen MR) is 118 cm³/mol. The summed E-state index contributed by atoms with van der Waals surface area (Å²) in [6.45, 7) is 0. The van der Waals surface area contributed by atoms with Crippen molar-refractivity contribution in [1.29, 1.82) is 0 Å². The standard InChI is InChI=1S/C25H21ClN2O/c26-19-11-5-4-10-18(19)25-24-22(27-20-12-6-7-13-21(20)28-25)14-17(15-23(24)29)16-8-2-1-3-9-16/h1-13,17,25,27-28H,14-15H2/t17-,25-/m1/s1. The number of fused-ring (bicyclic) bond motifs is 1. The van der Waals surface area contributed by atoms with Crippen molar-refractivity contribution in [3.8, 4) is 0 Å². The first-order chi connectivity index (χ1) is 14.2. The Hall–Kier alpha value is -3.04. The van der Waals surface area contributed by atoms with Gasteiger partial charge in [-0.15, -0.1) is 0 Å². The second kappa shape index (κ2) is 7.41. The second-order valence-corrected chi connectivity index (χ2v) is 8.01. The van der Waals surface area contributed by atoms with E-state index in [2.05, 4.69) is 22.8 Å². The molecule has 2 atom stereocenters. The first-order valence-corrected chi connectivity index (χ1v) is 10.3. The highest BCUT2D eigenvalue weighted by atomic mass is 35.5. The zero-order valence-electron chi connectivity index (χ0n) is 15.9. The number of ketones is 1. The first-order valence-electron chi connectivity index (χ1n) is 9.89. The number of nitrogens with one attached hydrogen (secondary N) is 2. The molecule has 0 saturated heterocycles. The van der Waals surface area contributed by atoms with Crippen molar-refractivity contribution in [3.63, 3.8) is 0 Å². The molecule has 0 radical (unpaired) electrons. The zero-order chi connectivity index (χ0) is 19.8. The van der Waals surface area contributed by atoms with Crippen LogP contribution in [0.15, 0.2) is 90.1 Å². The number of Topliss-reactive ketones (excluding diaryl/α,β-unsaturated/α-hetero) is 1. The molecule has 3 aromatic carbocycles. The minimum atomic E-state index is -0.279. The highest BCUT2D eigenvalue weighted by Gasteiger charge is 2.36. The molecule has 0 aromatic heterocycles. The van der Waals surface area contributed by atoms with Gasteiger partial charge in [-0.05, 0) is 41.7 Å². The van der Waals surface area contributed by atoms with Crippen LogP contribution in [0, 0.1) is 0 Å². The molecule has 0 spiro atoms. The number of carbonyl (C=O) groups excluding carboxylic acids is 1. The average Bonchev–Trinajstić information content (AvgIpc) is 2.91. The topological polar surface area (TPSA) is 41.1 Å². The van der Waals surface area contributed by atoms with Crippen LogP contribution in [0.5, 0.6) is 0 Å². The van der Waals surface area contributed by atoms with E-state index in [4.69, 9.17) is 11.6 Å². The number of hydrogen-bond donors (Lipinski definition) is 2. The summed E-state index contributed by atoms with van der Waals surface area (Å²) in [6, 6.07) is 25.8. The normalized spacial score (nSPS) is 20.8. The molecule has 29 heavy (non-hydrogen) atoms. The van der Waals surface area contributed by atoms with E-state index in [0.29, 0.717) is 11.4 Å². The summed E-state index contributed by atoms with van der Waals surface area (Å²) in [5.74, 6) is 0.338. The van der Waals surface area contributed by atoms with Crippen LogP contribution in [0.4, 0.5) is 11.4 Å². The number of anilines is 2. The average molecular weight is 401 g/mol. The number of rotatable bonds is 2. The fraction of sp³-hybridized carbons (Fsp3) is 0.160. The maximum atomic E-state index is 13.4. The Kier molecular flexibility index (Phi) is 4.61. The highest BCUT2D eigenvalue weighted by Crippen LogP contribution is 2.45. The van der Waals surface area contributed by atoms with Gasteiger partial charge in [-0.3, -0.25) is 4.79 Å². The Morgan fingerprint density at radius 3 is 2.28 bits per heavy atom. The largest absolute Gasteiger partial charge is 0.372 e. The van der Waals surface area contributed by atoms with Gasteiger partial charge in [0.2, 0.25) is 0 Å². The molecule has 3 aromatic rings. The Labute approximate surface area is 175 Å². The molecule has 0 saturated carbocycles. The number of para-hydroxylation sites is 2. The van der Waals surface area contributed by atoms with Crippen molar-refractivity contribution in [1.82, 2.24) is 0 Å². The molecule has 1 aliphatic carbocycles. The van der Waals surface area contributed by atoms with Gasteiger partial charge in [0, 0.05) is 22.7 Å². The summed E-state index contributed by atoms with van der Waals surface area (Å²) in [5, 5.41) is 7.80. The fourth-order valence-electron chi connectivity index (χ4n) is 4.40. The van der Waals surface area contributed by atoms with Gasteiger partial charge in [0.05, 0.1) is 17.4 Å². The number of allylic oxidation sites excluding steroid dienone is 1. The molecule has 0 unspecified atom stereocenters. The monoisotopic (exact) mass is 400 g/mol. The Morgan fingerprint density at radius 2 is 1.48 bits per heavy atom. The summed E-state index contributed by atoms with van der Waals surface area (Å²) in [6.07, 6.45) is 1.30. The molecule has 144 valence electrons. The molecular formula is C25H21ClN2O. The number of benzene rings is 3. The van der Waals surface area contributed by atoms with Gasteiger partial charge in [0.1, 0.15) is 0 Å². The van der Waals surface area contributed by atoms with Crippen molar-refractivity contribution in [3.05, 3.63) is 106 Å². The van der Waals surface area contributed by atoms with E-state index in [1.807, 2.05) is 66.7 Å². The van der Waals surface area contributed by atoms with E-state index < -0.39 is 0 Å². The van der Waals surface area contributed by atoms with Crippen molar-refractivity contribution < 1.29 is 4.79 Å². The molecular weight excluding hydrogens is 380 g/mol. The van der Waals surface area contributed by atoms with Crippen LogP contribution in [0.3, 0.4) is 0 Å². The lowest BCUT2D eigenvalue weighted by atomic mass is 9.78. The maximum Gasteiger partial charge on any atom is 0.163 e. The van der Waals surface area contributed by atoms with E-state index in [1.54, 1.807) is 0 Å². The molecule has 2 aliphatic rings. The minimum absolute atomic E-state index is 0.165. The summed E-state index contributed by atoms with van der Waals surface area (Å²) >= 11 is 6.55. The van der Waals surface area contributed by atoms with Gasteiger partial charge in [-0.2, -0.15) is 0 Å². The van der Waals surface area contributed by atoms with Crippen molar-refractivity contribution in [2.45, 2.75) is 24.8 Å². The zero-order valence-corrected chi connectivity index (χ0v) is 16.6. The summed E-state index contributed by atoms with van der Waals surface area (Å²) in [4.78, 5) is 13.4. The lowest BCUT2D eigenvalue weighted by molar-refractivity contribution is -0.116. The summed E-state index contributed by atoms with van der Waals surface area (Å²) in [7, 11) is 0. The van der Waals surface area contributed by atoms with E-state index >= 15 is 0 Å². The quantitative estimate of drug-likeness (QED) is 0.528. The Bertz CT molecular complexity index is 1110. The van der Waals surface area contributed by atoms with Gasteiger partial charge in [0.25, 0.3) is 0 Å². The molecule has 4 heteroatoms. The summed E-state index contributed by atoms with van der Waals surface area (Å²) < 4.78 is 0. The number of hydrogen-bond acceptors (Lipinski definition) is 3. The van der Waals surface area contributed by atoms with Crippen LogP contribution in [-0.2, 0) is 4.79 Å². The van der Waals surface area contributed by atoms with Crippen LogP contribution < -0.4 is 10.6 Å². The molecule has 0 bridgehead atoms. The summed E-state index contributed by atoms with van der Waals surface area (Å²) in [5.41, 5.74) is 5.85. The SMILES string of the molecule is O=C1C[C@H](c2ccccc2)CC2=C1[C@@H](c1ccccc1Cl)Nc1ccccc1N2. The van der Waals surface area contributed by atoms with Crippen LogP contribution in [-0.4, -0.2) is 5.78 Å². The fourth-order valence-corrected chi connectivity index (χ4v) is 4.64. The third-order valence-corrected chi connectivity index (χ3v) is 6.14.